The van der Waals surface area contributed by atoms with Gasteiger partial charge in [0.15, 0.2) is 0 Å². The van der Waals surface area contributed by atoms with E-state index in [1.807, 2.05) is 12.1 Å². The fraction of sp³-hybridized carbons (Fsp3) is 0.467. The first-order chi connectivity index (χ1) is 9.72. The summed E-state index contributed by atoms with van der Waals surface area (Å²) >= 11 is 0. The highest BCUT2D eigenvalue weighted by Gasteiger charge is 2.32. The average molecular weight is 270 g/mol. The molecule has 1 aromatic heterocycles. The molecule has 0 amide bonds. The lowest BCUT2D eigenvalue weighted by Crippen LogP contribution is -2.46. The summed E-state index contributed by atoms with van der Waals surface area (Å²) in [6.07, 6.45) is 2.81. The van der Waals surface area contributed by atoms with Crippen molar-refractivity contribution in [3.05, 3.63) is 34.9 Å². The Balaban J connectivity index is 1.80. The molecular weight excluding hydrogens is 252 g/mol. The van der Waals surface area contributed by atoms with Gasteiger partial charge in [-0.15, -0.1) is 0 Å². The lowest BCUT2D eigenvalue weighted by atomic mass is 10.1. The summed E-state index contributed by atoms with van der Waals surface area (Å²) in [7, 11) is 1.75. The molecule has 0 N–H and O–H groups in total. The van der Waals surface area contributed by atoms with E-state index < -0.39 is 0 Å². The molecule has 20 heavy (non-hydrogen) atoms. The Morgan fingerprint density at radius 1 is 1.25 bits per heavy atom. The first kappa shape index (κ1) is 11.9. The molecule has 2 aliphatic heterocycles. The van der Waals surface area contributed by atoms with Crippen molar-refractivity contribution in [3.8, 4) is 0 Å². The normalized spacial score (nSPS) is 25.4. The van der Waals surface area contributed by atoms with E-state index in [-0.39, 0.29) is 5.56 Å². The number of nitrogens with zero attached hydrogens (tertiary/aromatic N) is 4. The Morgan fingerprint density at radius 2 is 2.15 bits per heavy atom. The van der Waals surface area contributed by atoms with Crippen molar-refractivity contribution in [1.29, 1.82) is 0 Å². The highest BCUT2D eigenvalue weighted by molar-refractivity contribution is 5.81. The second-order valence-corrected chi connectivity index (χ2v) is 5.80. The van der Waals surface area contributed by atoms with Gasteiger partial charge in [0.05, 0.1) is 17.2 Å². The zero-order chi connectivity index (χ0) is 13.7. The predicted octanol–water partition coefficient (Wildman–Crippen LogP) is 0.828. The average Bonchev–Trinajstić information content (AvgIpc) is 2.85. The molecule has 1 unspecified atom stereocenters. The summed E-state index contributed by atoms with van der Waals surface area (Å²) in [6.45, 7) is 4.54. The molecule has 2 aromatic rings. The van der Waals surface area contributed by atoms with E-state index in [0.717, 1.165) is 30.8 Å². The van der Waals surface area contributed by atoms with Crippen LogP contribution in [-0.2, 0) is 7.05 Å². The maximum Gasteiger partial charge on any atom is 0.260 e. The largest absolute Gasteiger partial charge is 0.366 e. The van der Waals surface area contributed by atoms with Crippen LogP contribution in [0.2, 0.25) is 0 Å². The molecule has 5 heteroatoms. The molecule has 0 saturated carbocycles. The van der Waals surface area contributed by atoms with Crippen molar-refractivity contribution >= 4 is 16.6 Å². The van der Waals surface area contributed by atoms with Gasteiger partial charge < -0.3 is 9.47 Å². The summed E-state index contributed by atoms with van der Waals surface area (Å²) in [5.41, 5.74) is 1.97. The van der Waals surface area contributed by atoms with Crippen LogP contribution < -0.4 is 10.5 Å². The van der Waals surface area contributed by atoms with Crippen LogP contribution >= 0.6 is 0 Å². The SMILES string of the molecule is Cn1cnc2ccc(N3CCN4CC[C@@H]3C4)cc2c1=O. The number of hydrogen-bond acceptors (Lipinski definition) is 4. The van der Waals surface area contributed by atoms with Gasteiger partial charge in [0.1, 0.15) is 0 Å². The van der Waals surface area contributed by atoms with E-state index >= 15 is 0 Å². The van der Waals surface area contributed by atoms with Gasteiger partial charge in [-0.3, -0.25) is 9.69 Å². The molecule has 0 radical (unpaired) electrons. The number of fused-ring (bicyclic) bond motifs is 3. The van der Waals surface area contributed by atoms with Gasteiger partial charge in [0.2, 0.25) is 0 Å². The minimum absolute atomic E-state index is 0.0295. The van der Waals surface area contributed by atoms with Crippen LogP contribution in [0.5, 0.6) is 0 Å². The topological polar surface area (TPSA) is 41.4 Å². The fourth-order valence-electron chi connectivity index (χ4n) is 3.42. The number of anilines is 1. The summed E-state index contributed by atoms with van der Waals surface area (Å²) in [5, 5.41) is 0.716. The van der Waals surface area contributed by atoms with Gasteiger partial charge in [-0.25, -0.2) is 4.98 Å². The standard InChI is InChI=1S/C15H18N4O/c1-17-10-16-14-3-2-11(8-13(14)15(17)20)19-7-6-18-5-4-12(19)9-18/h2-3,8,10,12H,4-7,9H2,1H3/t12-/m1/s1. The van der Waals surface area contributed by atoms with Crippen molar-refractivity contribution < 1.29 is 0 Å². The number of piperazine rings is 1. The van der Waals surface area contributed by atoms with Crippen molar-refractivity contribution in [2.45, 2.75) is 12.5 Å². The molecule has 2 atom stereocenters. The van der Waals surface area contributed by atoms with E-state index in [0.29, 0.717) is 11.4 Å². The van der Waals surface area contributed by atoms with Gasteiger partial charge in [-0.2, -0.15) is 0 Å². The van der Waals surface area contributed by atoms with Gasteiger partial charge in [0, 0.05) is 45.0 Å². The van der Waals surface area contributed by atoms with E-state index in [1.54, 1.807) is 17.9 Å². The minimum Gasteiger partial charge on any atom is -0.366 e. The zero-order valence-electron chi connectivity index (χ0n) is 11.6. The highest BCUT2D eigenvalue weighted by Crippen LogP contribution is 2.28. The molecule has 2 aliphatic rings. The smallest absolute Gasteiger partial charge is 0.260 e. The van der Waals surface area contributed by atoms with Crippen LogP contribution in [0, 0.1) is 0 Å². The molecule has 2 saturated heterocycles. The van der Waals surface area contributed by atoms with E-state index in [4.69, 9.17) is 0 Å². The van der Waals surface area contributed by atoms with Gasteiger partial charge in [-0.1, -0.05) is 0 Å². The predicted molar refractivity (Wildman–Crippen MR) is 79.2 cm³/mol. The first-order valence-electron chi connectivity index (χ1n) is 7.17. The Kier molecular flexibility index (Phi) is 2.57. The number of benzene rings is 1. The fourth-order valence-corrected chi connectivity index (χ4v) is 3.42. The highest BCUT2D eigenvalue weighted by atomic mass is 16.1. The molecule has 0 aliphatic carbocycles. The lowest BCUT2D eigenvalue weighted by Gasteiger charge is -2.36. The summed E-state index contributed by atoms with van der Waals surface area (Å²) in [6, 6.07) is 6.68. The monoisotopic (exact) mass is 270 g/mol. The zero-order valence-corrected chi connectivity index (χ0v) is 11.6. The second-order valence-electron chi connectivity index (χ2n) is 5.80. The van der Waals surface area contributed by atoms with Gasteiger partial charge >= 0.3 is 0 Å². The van der Waals surface area contributed by atoms with E-state index in [1.165, 1.54) is 13.0 Å². The van der Waals surface area contributed by atoms with Crippen molar-refractivity contribution in [2.75, 3.05) is 31.1 Å². The summed E-state index contributed by atoms with van der Waals surface area (Å²) in [5.74, 6) is 0. The van der Waals surface area contributed by atoms with Crippen molar-refractivity contribution in [3.63, 3.8) is 0 Å². The van der Waals surface area contributed by atoms with Crippen LogP contribution in [-0.4, -0.2) is 46.7 Å². The van der Waals surface area contributed by atoms with E-state index in [9.17, 15) is 4.79 Å². The van der Waals surface area contributed by atoms with Crippen LogP contribution in [0.1, 0.15) is 6.42 Å². The van der Waals surface area contributed by atoms with Gasteiger partial charge in [0.25, 0.3) is 5.56 Å². The van der Waals surface area contributed by atoms with Crippen LogP contribution in [0.15, 0.2) is 29.3 Å². The maximum atomic E-state index is 12.2. The van der Waals surface area contributed by atoms with Gasteiger partial charge in [-0.05, 0) is 24.6 Å². The van der Waals surface area contributed by atoms with Crippen molar-refractivity contribution in [1.82, 2.24) is 14.5 Å². The number of aryl methyl sites for hydroxylation is 1. The lowest BCUT2D eigenvalue weighted by molar-refractivity contribution is 0.311. The Labute approximate surface area is 117 Å². The van der Waals surface area contributed by atoms with Crippen LogP contribution in [0.4, 0.5) is 5.69 Å². The number of hydrogen-bond donors (Lipinski definition) is 0. The Hall–Kier alpha value is -1.88. The molecule has 5 nitrogen and oxygen atoms in total. The third kappa shape index (κ3) is 1.73. The van der Waals surface area contributed by atoms with E-state index in [2.05, 4.69) is 20.9 Å². The van der Waals surface area contributed by atoms with Crippen molar-refractivity contribution in [2.24, 2.45) is 7.05 Å². The molecule has 1 aromatic carbocycles. The van der Waals surface area contributed by atoms with Crippen LogP contribution in [0.3, 0.4) is 0 Å². The first-order valence-corrected chi connectivity index (χ1v) is 7.17. The quantitative estimate of drug-likeness (QED) is 0.769. The number of aromatic nitrogens is 2. The summed E-state index contributed by atoms with van der Waals surface area (Å²) in [4.78, 5) is 21.5. The molecule has 104 valence electrons. The summed E-state index contributed by atoms with van der Waals surface area (Å²) < 4.78 is 1.54. The third-order valence-corrected chi connectivity index (χ3v) is 4.58. The third-order valence-electron chi connectivity index (χ3n) is 4.58. The second kappa shape index (κ2) is 4.31. The molecular formula is C15H18N4O. The molecule has 0 spiro atoms. The minimum atomic E-state index is 0.0295. The van der Waals surface area contributed by atoms with Crippen LogP contribution in [0.25, 0.3) is 10.9 Å². The molecule has 2 bridgehead atoms. The maximum absolute atomic E-state index is 12.2. The molecule has 4 rings (SSSR count). The Bertz CT molecular complexity index is 723. The molecule has 3 heterocycles. The molecule has 2 fully saturated rings. The Morgan fingerprint density at radius 3 is 3.05 bits per heavy atom. The number of rotatable bonds is 1.